The summed E-state index contributed by atoms with van der Waals surface area (Å²) in [6.07, 6.45) is 5.12. The molecule has 2 aromatic rings. The van der Waals surface area contributed by atoms with Gasteiger partial charge in [-0.25, -0.2) is 0 Å². The van der Waals surface area contributed by atoms with E-state index in [9.17, 15) is 19.7 Å². The van der Waals surface area contributed by atoms with Gasteiger partial charge in [-0.05, 0) is 23.4 Å². The van der Waals surface area contributed by atoms with Crippen LogP contribution in [0.2, 0.25) is 0 Å². The van der Waals surface area contributed by atoms with Crippen LogP contribution in [0.15, 0.2) is 71.7 Å². The molecule has 0 aliphatic carbocycles. The van der Waals surface area contributed by atoms with E-state index in [-0.39, 0.29) is 12.2 Å². The maximum atomic E-state index is 12.5. The Morgan fingerprint density at radius 2 is 1.73 bits per heavy atom. The number of carbonyl (C=O) groups excluding carboxylic acids is 2. The minimum Gasteiger partial charge on any atom is -0.268 e. The Hall–Kier alpha value is -3.19. The van der Waals surface area contributed by atoms with E-state index in [0.29, 0.717) is 10.5 Å². The van der Waals surface area contributed by atoms with E-state index in [0.717, 1.165) is 22.2 Å². The molecule has 0 atom stereocenters. The summed E-state index contributed by atoms with van der Waals surface area (Å²) in [6.45, 7) is -0.123. The van der Waals surface area contributed by atoms with Gasteiger partial charge in [0, 0.05) is 11.6 Å². The van der Waals surface area contributed by atoms with Gasteiger partial charge in [0.25, 0.3) is 16.8 Å². The van der Waals surface area contributed by atoms with Crippen molar-refractivity contribution < 1.29 is 14.5 Å². The van der Waals surface area contributed by atoms with Gasteiger partial charge in [-0.3, -0.25) is 24.6 Å². The van der Waals surface area contributed by atoms with Crippen molar-refractivity contribution in [3.63, 3.8) is 0 Å². The molecule has 0 unspecified atom stereocenters. The average Bonchev–Trinajstić information content (AvgIpc) is 2.90. The SMILES string of the molecule is O=C1S/C(=C/C=C\c2ccccc2)C(=O)N1Cc1ccccc1[N+](=O)[O-]. The van der Waals surface area contributed by atoms with Crippen LogP contribution in [0.25, 0.3) is 6.08 Å². The van der Waals surface area contributed by atoms with E-state index in [1.54, 1.807) is 30.4 Å². The molecule has 130 valence electrons. The lowest BCUT2D eigenvalue weighted by Gasteiger charge is -2.12. The van der Waals surface area contributed by atoms with Gasteiger partial charge in [0.15, 0.2) is 0 Å². The highest BCUT2D eigenvalue weighted by Crippen LogP contribution is 2.33. The Balaban J connectivity index is 1.76. The Morgan fingerprint density at radius 1 is 1.04 bits per heavy atom. The number of nitro benzene ring substituents is 1. The first-order valence-electron chi connectivity index (χ1n) is 7.75. The molecular weight excluding hydrogens is 352 g/mol. The van der Waals surface area contributed by atoms with Crippen LogP contribution in [0.4, 0.5) is 10.5 Å². The summed E-state index contributed by atoms with van der Waals surface area (Å²) in [7, 11) is 0. The molecule has 0 bridgehead atoms. The Morgan fingerprint density at radius 3 is 2.46 bits per heavy atom. The highest BCUT2D eigenvalue weighted by molar-refractivity contribution is 8.18. The summed E-state index contributed by atoms with van der Waals surface area (Å²) in [5.74, 6) is -0.448. The molecule has 2 amide bonds. The van der Waals surface area contributed by atoms with Crippen molar-refractivity contribution in [2.24, 2.45) is 0 Å². The van der Waals surface area contributed by atoms with Crippen molar-refractivity contribution in [3.8, 4) is 0 Å². The molecule has 0 aromatic heterocycles. The summed E-state index contributed by atoms with van der Waals surface area (Å²) < 4.78 is 0. The summed E-state index contributed by atoms with van der Waals surface area (Å²) in [5, 5.41) is 10.7. The van der Waals surface area contributed by atoms with Crippen molar-refractivity contribution in [3.05, 3.63) is 92.9 Å². The standard InChI is InChI=1S/C19H14N2O4S/c22-18-17(12-6-9-14-7-2-1-3-8-14)26-19(23)20(18)13-15-10-4-5-11-16(15)21(24)25/h1-12H,13H2/b9-6-,17-12+. The van der Waals surface area contributed by atoms with Gasteiger partial charge in [-0.15, -0.1) is 0 Å². The number of allylic oxidation sites excluding steroid dienone is 2. The van der Waals surface area contributed by atoms with Crippen molar-refractivity contribution in [2.75, 3.05) is 0 Å². The zero-order valence-corrected chi connectivity index (χ0v) is 14.4. The largest absolute Gasteiger partial charge is 0.293 e. The van der Waals surface area contributed by atoms with Crippen LogP contribution in [0.5, 0.6) is 0 Å². The molecule has 1 fully saturated rings. The number of imide groups is 1. The fourth-order valence-electron chi connectivity index (χ4n) is 2.45. The minimum absolute atomic E-state index is 0.112. The second-order valence-corrected chi connectivity index (χ2v) is 6.44. The van der Waals surface area contributed by atoms with Crippen LogP contribution in [0.1, 0.15) is 11.1 Å². The molecule has 2 aromatic carbocycles. The lowest BCUT2D eigenvalue weighted by Crippen LogP contribution is -2.27. The normalized spacial score (nSPS) is 16.0. The number of carbonyl (C=O) groups is 2. The molecule has 0 N–H and O–H groups in total. The van der Waals surface area contributed by atoms with Crippen molar-refractivity contribution in [1.29, 1.82) is 0 Å². The van der Waals surface area contributed by atoms with Crippen molar-refractivity contribution in [2.45, 2.75) is 6.54 Å². The van der Waals surface area contributed by atoms with E-state index in [2.05, 4.69) is 0 Å². The zero-order chi connectivity index (χ0) is 18.5. The topological polar surface area (TPSA) is 80.5 Å². The monoisotopic (exact) mass is 366 g/mol. The first kappa shape index (κ1) is 17.6. The molecule has 1 aliphatic heterocycles. The Kier molecular flexibility index (Phi) is 5.28. The van der Waals surface area contributed by atoms with Crippen molar-refractivity contribution in [1.82, 2.24) is 4.90 Å². The van der Waals surface area contributed by atoms with Crippen LogP contribution >= 0.6 is 11.8 Å². The van der Waals surface area contributed by atoms with Gasteiger partial charge in [0.05, 0.1) is 16.4 Å². The molecule has 3 rings (SSSR count). The molecular formula is C19H14N2O4S. The smallest absolute Gasteiger partial charge is 0.268 e. The highest BCUT2D eigenvalue weighted by atomic mass is 32.2. The average molecular weight is 366 g/mol. The highest BCUT2D eigenvalue weighted by Gasteiger charge is 2.35. The second kappa shape index (κ2) is 7.79. The van der Waals surface area contributed by atoms with Gasteiger partial charge in [0.1, 0.15) is 0 Å². The van der Waals surface area contributed by atoms with Crippen LogP contribution in [0.3, 0.4) is 0 Å². The predicted octanol–water partition coefficient (Wildman–Crippen LogP) is 4.39. The number of nitro groups is 1. The second-order valence-electron chi connectivity index (χ2n) is 5.45. The van der Waals surface area contributed by atoms with Gasteiger partial charge in [-0.2, -0.15) is 0 Å². The quantitative estimate of drug-likeness (QED) is 0.445. The van der Waals surface area contributed by atoms with E-state index in [1.807, 2.05) is 36.4 Å². The van der Waals surface area contributed by atoms with Crippen LogP contribution < -0.4 is 0 Å². The summed E-state index contributed by atoms with van der Waals surface area (Å²) in [6, 6.07) is 15.6. The molecule has 7 heteroatoms. The first-order valence-corrected chi connectivity index (χ1v) is 8.57. The van der Waals surface area contributed by atoms with Crippen LogP contribution in [0, 0.1) is 10.1 Å². The fraction of sp³-hybridized carbons (Fsp3) is 0.0526. The Bertz CT molecular complexity index is 922. The maximum absolute atomic E-state index is 12.5. The fourth-order valence-corrected chi connectivity index (χ4v) is 3.24. The third-order valence-corrected chi connectivity index (χ3v) is 4.65. The zero-order valence-electron chi connectivity index (χ0n) is 13.6. The lowest BCUT2D eigenvalue weighted by atomic mass is 10.1. The van der Waals surface area contributed by atoms with E-state index < -0.39 is 16.1 Å². The van der Waals surface area contributed by atoms with Gasteiger partial charge >= 0.3 is 0 Å². The molecule has 6 nitrogen and oxygen atoms in total. The number of hydrogen-bond donors (Lipinski definition) is 0. The molecule has 0 radical (unpaired) electrons. The summed E-state index contributed by atoms with van der Waals surface area (Å²) in [5.41, 5.74) is 1.18. The van der Waals surface area contributed by atoms with E-state index in [1.165, 1.54) is 6.07 Å². The van der Waals surface area contributed by atoms with Crippen LogP contribution in [-0.2, 0) is 11.3 Å². The molecule has 1 saturated heterocycles. The Labute approximate surface area is 154 Å². The number of rotatable bonds is 5. The third kappa shape index (κ3) is 3.89. The first-order chi connectivity index (χ1) is 12.6. The molecule has 1 heterocycles. The van der Waals surface area contributed by atoms with Gasteiger partial charge < -0.3 is 0 Å². The molecule has 0 spiro atoms. The van der Waals surface area contributed by atoms with E-state index >= 15 is 0 Å². The number of benzene rings is 2. The van der Waals surface area contributed by atoms with Gasteiger partial charge in [-0.1, -0.05) is 60.7 Å². The van der Waals surface area contributed by atoms with Crippen molar-refractivity contribution >= 4 is 34.7 Å². The number of hydrogen-bond acceptors (Lipinski definition) is 5. The summed E-state index contributed by atoms with van der Waals surface area (Å²) in [4.78, 5) is 36.5. The third-order valence-electron chi connectivity index (χ3n) is 3.73. The maximum Gasteiger partial charge on any atom is 0.293 e. The number of nitrogens with zero attached hydrogens (tertiary/aromatic N) is 2. The number of thioether (sulfide) groups is 1. The number of para-hydroxylation sites is 1. The van der Waals surface area contributed by atoms with Crippen LogP contribution in [-0.4, -0.2) is 21.0 Å². The molecule has 0 saturated carbocycles. The molecule has 1 aliphatic rings. The lowest BCUT2D eigenvalue weighted by molar-refractivity contribution is -0.385. The predicted molar refractivity (Wildman–Crippen MR) is 100 cm³/mol. The van der Waals surface area contributed by atoms with E-state index in [4.69, 9.17) is 0 Å². The summed E-state index contributed by atoms with van der Waals surface area (Å²) >= 11 is 0.828. The number of amides is 2. The van der Waals surface area contributed by atoms with Gasteiger partial charge in [0.2, 0.25) is 0 Å². The minimum atomic E-state index is -0.521. The molecule has 26 heavy (non-hydrogen) atoms.